The molecule has 2 rings (SSSR count). The van der Waals surface area contributed by atoms with Gasteiger partial charge in [-0.2, -0.15) is 0 Å². The van der Waals surface area contributed by atoms with Crippen LogP contribution in [0.3, 0.4) is 0 Å². The fourth-order valence-corrected chi connectivity index (χ4v) is 2.03. The molecule has 0 amide bonds. The van der Waals surface area contributed by atoms with Crippen LogP contribution >= 0.6 is 0 Å². The third kappa shape index (κ3) is 3.79. The molecule has 2 N–H and O–H groups in total. The summed E-state index contributed by atoms with van der Waals surface area (Å²) in [6.45, 7) is 1.19. The van der Waals surface area contributed by atoms with Crippen LogP contribution in [0.1, 0.15) is 28.8 Å². The van der Waals surface area contributed by atoms with E-state index >= 15 is 0 Å². The van der Waals surface area contributed by atoms with Crippen LogP contribution in [0.5, 0.6) is 5.75 Å². The first kappa shape index (κ1) is 13.5. The lowest BCUT2D eigenvalue weighted by Crippen LogP contribution is -2.25. The Morgan fingerprint density at radius 1 is 1.37 bits per heavy atom. The maximum Gasteiger partial charge on any atom is 0.304 e. The number of hydrogen-bond donors (Lipinski definition) is 2. The van der Waals surface area contributed by atoms with Crippen LogP contribution in [0.4, 0.5) is 0 Å². The Hall–Kier alpha value is -1.88. The molecule has 5 heteroatoms. The SMILES string of the molecule is O=C(O)CCNCC(=O)c1ccc2c(c1)CCCO2. The number of nitrogens with one attached hydrogen (secondary N) is 1. The van der Waals surface area contributed by atoms with Crippen LogP contribution in [0.25, 0.3) is 0 Å². The highest BCUT2D eigenvalue weighted by atomic mass is 16.5. The molecule has 0 radical (unpaired) electrons. The van der Waals surface area contributed by atoms with Gasteiger partial charge in [0.2, 0.25) is 0 Å². The van der Waals surface area contributed by atoms with E-state index in [0.717, 1.165) is 30.8 Å². The summed E-state index contributed by atoms with van der Waals surface area (Å²) < 4.78 is 5.49. The molecule has 5 nitrogen and oxygen atoms in total. The lowest BCUT2D eigenvalue weighted by atomic mass is 10.0. The van der Waals surface area contributed by atoms with E-state index in [4.69, 9.17) is 9.84 Å². The van der Waals surface area contributed by atoms with Crippen LogP contribution < -0.4 is 10.1 Å². The highest BCUT2D eigenvalue weighted by Gasteiger charge is 2.13. The molecule has 1 aliphatic heterocycles. The van der Waals surface area contributed by atoms with Gasteiger partial charge in [-0.1, -0.05) is 0 Å². The molecule has 1 aliphatic rings. The zero-order chi connectivity index (χ0) is 13.7. The van der Waals surface area contributed by atoms with E-state index in [1.807, 2.05) is 12.1 Å². The maximum atomic E-state index is 11.9. The second-order valence-corrected chi connectivity index (χ2v) is 4.52. The highest BCUT2D eigenvalue weighted by molar-refractivity contribution is 5.98. The fraction of sp³-hybridized carbons (Fsp3) is 0.429. The number of aliphatic carboxylic acids is 1. The molecule has 0 bridgehead atoms. The molecule has 1 aromatic carbocycles. The van der Waals surface area contributed by atoms with Crippen LogP contribution in [-0.2, 0) is 11.2 Å². The first-order chi connectivity index (χ1) is 9.16. The Kier molecular flexibility index (Phi) is 4.52. The summed E-state index contributed by atoms with van der Waals surface area (Å²) in [4.78, 5) is 22.3. The van der Waals surface area contributed by atoms with E-state index in [9.17, 15) is 9.59 Å². The number of ketones is 1. The van der Waals surface area contributed by atoms with Crippen molar-refractivity contribution in [3.8, 4) is 5.75 Å². The number of Topliss-reactive ketones (excluding diaryl/α,β-unsaturated/α-hetero) is 1. The number of carbonyl (C=O) groups excluding carboxylic acids is 1. The van der Waals surface area contributed by atoms with Crippen LogP contribution in [0.2, 0.25) is 0 Å². The number of carbonyl (C=O) groups is 2. The molecule has 1 heterocycles. The van der Waals surface area contributed by atoms with Crippen molar-refractivity contribution in [2.24, 2.45) is 0 Å². The minimum atomic E-state index is -0.870. The molecule has 0 atom stereocenters. The summed E-state index contributed by atoms with van der Waals surface area (Å²) in [5.41, 5.74) is 1.72. The Morgan fingerprint density at radius 3 is 3.00 bits per heavy atom. The molecule has 0 saturated carbocycles. The number of benzene rings is 1. The summed E-state index contributed by atoms with van der Waals surface area (Å²) in [5.74, 6) is -0.0359. The van der Waals surface area contributed by atoms with Gasteiger partial charge in [-0.15, -0.1) is 0 Å². The number of carboxylic acids is 1. The molecular formula is C14H17NO4. The third-order valence-electron chi connectivity index (χ3n) is 3.03. The Labute approximate surface area is 111 Å². The average molecular weight is 263 g/mol. The van der Waals surface area contributed by atoms with Gasteiger partial charge in [-0.25, -0.2) is 0 Å². The van der Waals surface area contributed by atoms with Crippen molar-refractivity contribution < 1.29 is 19.4 Å². The molecule has 0 aromatic heterocycles. The Morgan fingerprint density at radius 2 is 2.21 bits per heavy atom. The zero-order valence-electron chi connectivity index (χ0n) is 10.6. The van der Waals surface area contributed by atoms with Crippen LogP contribution in [0.15, 0.2) is 18.2 Å². The Balaban J connectivity index is 1.90. The molecule has 0 unspecified atom stereocenters. The van der Waals surface area contributed by atoms with Crippen molar-refractivity contribution in [3.63, 3.8) is 0 Å². The average Bonchev–Trinajstić information content (AvgIpc) is 2.42. The summed E-state index contributed by atoms with van der Waals surface area (Å²) in [6.07, 6.45) is 1.93. The van der Waals surface area contributed by atoms with Gasteiger partial charge in [0.15, 0.2) is 5.78 Å². The van der Waals surface area contributed by atoms with E-state index < -0.39 is 5.97 Å². The van der Waals surface area contributed by atoms with Crippen LogP contribution in [-0.4, -0.2) is 36.6 Å². The van der Waals surface area contributed by atoms with Gasteiger partial charge in [-0.05, 0) is 36.6 Å². The fourth-order valence-electron chi connectivity index (χ4n) is 2.03. The van der Waals surface area contributed by atoms with Gasteiger partial charge in [0.25, 0.3) is 0 Å². The molecule has 1 aromatic rings. The van der Waals surface area contributed by atoms with Gasteiger partial charge in [0.05, 0.1) is 19.6 Å². The molecule has 0 aliphatic carbocycles. The third-order valence-corrected chi connectivity index (χ3v) is 3.03. The lowest BCUT2D eigenvalue weighted by Gasteiger charge is -2.17. The number of fused-ring (bicyclic) bond motifs is 1. The standard InChI is InChI=1S/C14H17NO4/c16-12(9-15-6-5-14(17)18)10-3-4-13-11(8-10)2-1-7-19-13/h3-4,8,15H,1-2,5-7,9H2,(H,17,18). The van der Waals surface area contributed by atoms with Crippen molar-refractivity contribution in [2.75, 3.05) is 19.7 Å². The summed E-state index contributed by atoms with van der Waals surface area (Å²) in [7, 11) is 0. The largest absolute Gasteiger partial charge is 0.493 e. The van der Waals surface area contributed by atoms with Crippen molar-refractivity contribution in [1.29, 1.82) is 0 Å². The summed E-state index contributed by atoms with van der Waals surface area (Å²) in [6, 6.07) is 5.46. The minimum Gasteiger partial charge on any atom is -0.493 e. The second-order valence-electron chi connectivity index (χ2n) is 4.52. The van der Waals surface area contributed by atoms with E-state index in [0.29, 0.717) is 12.1 Å². The van der Waals surface area contributed by atoms with E-state index in [1.165, 1.54) is 0 Å². The highest BCUT2D eigenvalue weighted by Crippen LogP contribution is 2.25. The molecule has 102 valence electrons. The quantitative estimate of drug-likeness (QED) is 0.597. The predicted molar refractivity (Wildman–Crippen MR) is 69.7 cm³/mol. The van der Waals surface area contributed by atoms with Gasteiger partial charge < -0.3 is 15.2 Å². The molecule has 0 saturated heterocycles. The van der Waals surface area contributed by atoms with Crippen LogP contribution in [0, 0.1) is 0 Å². The first-order valence-corrected chi connectivity index (χ1v) is 6.38. The number of aryl methyl sites for hydroxylation is 1. The van der Waals surface area contributed by atoms with Crippen molar-refractivity contribution in [3.05, 3.63) is 29.3 Å². The van der Waals surface area contributed by atoms with E-state index in [1.54, 1.807) is 6.07 Å². The molecule has 0 spiro atoms. The van der Waals surface area contributed by atoms with Gasteiger partial charge >= 0.3 is 5.97 Å². The number of ether oxygens (including phenoxy) is 1. The van der Waals surface area contributed by atoms with E-state index in [2.05, 4.69) is 5.32 Å². The summed E-state index contributed by atoms with van der Waals surface area (Å²) >= 11 is 0. The first-order valence-electron chi connectivity index (χ1n) is 6.38. The van der Waals surface area contributed by atoms with E-state index in [-0.39, 0.29) is 18.7 Å². The smallest absolute Gasteiger partial charge is 0.304 e. The zero-order valence-corrected chi connectivity index (χ0v) is 10.6. The predicted octanol–water partition coefficient (Wildman–Crippen LogP) is 1.26. The molecular weight excluding hydrogens is 246 g/mol. The van der Waals surface area contributed by atoms with Gasteiger partial charge in [0, 0.05) is 12.1 Å². The second kappa shape index (κ2) is 6.33. The van der Waals surface area contributed by atoms with Gasteiger partial charge in [0.1, 0.15) is 5.75 Å². The number of rotatable bonds is 6. The lowest BCUT2D eigenvalue weighted by molar-refractivity contribution is -0.136. The van der Waals surface area contributed by atoms with Crippen molar-refractivity contribution >= 4 is 11.8 Å². The normalized spacial score (nSPS) is 13.5. The topological polar surface area (TPSA) is 75.6 Å². The number of carboxylic acid groups (broad SMARTS) is 1. The van der Waals surface area contributed by atoms with Crippen molar-refractivity contribution in [2.45, 2.75) is 19.3 Å². The molecule has 0 fully saturated rings. The Bertz CT molecular complexity index is 484. The van der Waals surface area contributed by atoms with Crippen molar-refractivity contribution in [1.82, 2.24) is 5.32 Å². The monoisotopic (exact) mass is 263 g/mol. The molecule has 19 heavy (non-hydrogen) atoms. The maximum absolute atomic E-state index is 11.9. The minimum absolute atomic E-state index is 0.0192. The summed E-state index contributed by atoms with van der Waals surface area (Å²) in [5, 5.41) is 11.3. The number of hydrogen-bond acceptors (Lipinski definition) is 4. The van der Waals surface area contributed by atoms with Gasteiger partial charge in [-0.3, -0.25) is 9.59 Å².